The summed E-state index contributed by atoms with van der Waals surface area (Å²) in [6.45, 7) is 8.67. The van der Waals surface area contributed by atoms with Gasteiger partial charge in [-0.1, -0.05) is 42.8 Å². The van der Waals surface area contributed by atoms with Crippen LogP contribution in [0.1, 0.15) is 45.6 Å². The average molecular weight is 584 g/mol. The van der Waals surface area contributed by atoms with Gasteiger partial charge in [-0.2, -0.15) is 0 Å². The van der Waals surface area contributed by atoms with E-state index < -0.39 is 5.91 Å². The van der Waals surface area contributed by atoms with Gasteiger partial charge in [0.1, 0.15) is 0 Å². The number of likely N-dealkylation sites (tertiary alicyclic amines) is 1. The van der Waals surface area contributed by atoms with Crippen molar-refractivity contribution < 1.29 is 19.4 Å². The van der Waals surface area contributed by atoms with Crippen LogP contribution in [0.5, 0.6) is 17.4 Å². The van der Waals surface area contributed by atoms with Crippen LogP contribution < -0.4 is 9.47 Å². The van der Waals surface area contributed by atoms with E-state index in [0.717, 1.165) is 33.9 Å². The van der Waals surface area contributed by atoms with Gasteiger partial charge >= 0.3 is 0 Å². The first-order valence-electron chi connectivity index (χ1n) is 12.9. The van der Waals surface area contributed by atoms with E-state index in [2.05, 4.69) is 51.8 Å². The van der Waals surface area contributed by atoms with Crippen LogP contribution in [0.15, 0.2) is 51.1 Å². The number of methoxy groups -OCH3 is 2. The van der Waals surface area contributed by atoms with E-state index in [4.69, 9.17) is 9.47 Å². The normalized spacial score (nSPS) is 22.8. The number of aromatic nitrogens is 1. The highest BCUT2D eigenvalue weighted by Gasteiger charge is 2.49. The molecular formula is C29H35BrN4O4. The Hall–Kier alpha value is -2.91. The Bertz CT molecular complexity index is 1420. The fraction of sp³-hybridized carbons (Fsp3) is 0.483. The zero-order valence-electron chi connectivity index (χ0n) is 22.6. The number of aromatic hydroxyl groups is 1. The third-order valence-corrected chi connectivity index (χ3v) is 8.38. The molecular weight excluding hydrogens is 548 g/mol. The first-order chi connectivity index (χ1) is 18.0. The lowest BCUT2D eigenvalue weighted by Gasteiger charge is -2.40. The van der Waals surface area contributed by atoms with Gasteiger partial charge in [0.25, 0.3) is 5.91 Å². The van der Waals surface area contributed by atoms with Crippen molar-refractivity contribution in [2.24, 2.45) is 21.1 Å². The highest BCUT2D eigenvalue weighted by Crippen LogP contribution is 2.53. The number of benzene rings is 2. The van der Waals surface area contributed by atoms with E-state index in [-0.39, 0.29) is 17.7 Å². The predicted molar refractivity (Wildman–Crippen MR) is 150 cm³/mol. The van der Waals surface area contributed by atoms with E-state index in [1.54, 1.807) is 32.4 Å². The number of ether oxygens (including phenoxy) is 2. The molecule has 1 aliphatic carbocycles. The highest BCUT2D eigenvalue weighted by molar-refractivity contribution is 9.10. The second-order valence-corrected chi connectivity index (χ2v) is 12.7. The number of nitrogens with zero attached hydrogens (tertiary/aromatic N) is 4. The van der Waals surface area contributed by atoms with E-state index in [1.807, 2.05) is 22.8 Å². The summed E-state index contributed by atoms with van der Waals surface area (Å²) in [5, 5.41) is 20.3. The molecule has 2 fully saturated rings. The molecule has 0 radical (unpaired) electrons. The SMILES string of the molecule is COc1ccc(CC(=O)N=Nc2c(O)n(CN3C[C@]4(C)C[C@@H]3CC(C)(C)C4)c3ccc(Br)cc23)cc1OC. The van der Waals surface area contributed by atoms with Crippen molar-refractivity contribution in [1.29, 1.82) is 0 Å². The van der Waals surface area contributed by atoms with Gasteiger partial charge in [0.05, 0.1) is 32.8 Å². The topological polar surface area (TPSA) is 88.7 Å². The number of halogens is 1. The van der Waals surface area contributed by atoms with Gasteiger partial charge in [-0.15, -0.1) is 10.2 Å². The van der Waals surface area contributed by atoms with Gasteiger partial charge in [-0.3, -0.25) is 14.3 Å². The van der Waals surface area contributed by atoms with Crippen LogP contribution in [0, 0.1) is 10.8 Å². The third-order valence-electron chi connectivity index (χ3n) is 7.88. The number of amides is 1. The lowest BCUT2D eigenvalue weighted by Crippen LogP contribution is -2.35. The standard InChI is InChI=1S/C29H35BrN4O4/c1-28(2)13-20-14-29(3,15-28)16-33(20)17-34-22-8-7-19(30)12-21(22)26(27(34)36)32-31-25(35)11-18-6-9-23(37-4)24(10-18)38-5/h6-10,12,20,36H,11,13-17H2,1-5H3/t20-,29+/m0/s1. The van der Waals surface area contributed by atoms with Crippen LogP contribution in [0.25, 0.3) is 10.9 Å². The molecule has 1 saturated carbocycles. The second kappa shape index (κ2) is 10.0. The maximum atomic E-state index is 12.7. The zero-order valence-corrected chi connectivity index (χ0v) is 24.2. The van der Waals surface area contributed by atoms with Crippen LogP contribution in [0.3, 0.4) is 0 Å². The summed E-state index contributed by atoms with van der Waals surface area (Å²) in [6.07, 6.45) is 3.58. The Balaban J connectivity index is 1.41. The van der Waals surface area contributed by atoms with Crippen molar-refractivity contribution in [3.8, 4) is 17.4 Å². The summed E-state index contributed by atoms with van der Waals surface area (Å²) in [5.74, 6) is 0.736. The van der Waals surface area contributed by atoms with E-state index >= 15 is 0 Å². The number of carbonyl (C=O) groups is 1. The number of carbonyl (C=O) groups excluding carboxylic acids is 1. The quantitative estimate of drug-likeness (QED) is 0.308. The van der Waals surface area contributed by atoms with E-state index in [9.17, 15) is 9.90 Å². The van der Waals surface area contributed by atoms with Gasteiger partial charge in [0.2, 0.25) is 5.88 Å². The lowest BCUT2D eigenvalue weighted by molar-refractivity contribution is -0.117. The fourth-order valence-corrected chi connectivity index (χ4v) is 7.13. The summed E-state index contributed by atoms with van der Waals surface area (Å²) in [6, 6.07) is 11.6. The zero-order chi connectivity index (χ0) is 27.2. The molecule has 2 aliphatic rings. The smallest absolute Gasteiger partial charge is 0.269 e. The molecule has 2 atom stereocenters. The predicted octanol–water partition coefficient (Wildman–Crippen LogP) is 6.84. The van der Waals surface area contributed by atoms with E-state index in [1.165, 1.54) is 12.8 Å². The van der Waals surface area contributed by atoms with Gasteiger partial charge < -0.3 is 14.6 Å². The summed E-state index contributed by atoms with van der Waals surface area (Å²) in [7, 11) is 3.12. The Kier molecular flexibility index (Phi) is 7.02. The number of rotatable bonds is 7. The molecule has 3 aromatic rings. The summed E-state index contributed by atoms with van der Waals surface area (Å²) in [5.41, 5.74) is 2.49. The molecule has 2 bridgehead atoms. The van der Waals surface area contributed by atoms with Gasteiger partial charge in [0.15, 0.2) is 17.2 Å². The number of azo groups is 1. The van der Waals surface area contributed by atoms with Crippen molar-refractivity contribution in [2.75, 3.05) is 20.8 Å². The van der Waals surface area contributed by atoms with Crippen LogP contribution in [0.4, 0.5) is 5.69 Å². The molecule has 1 amide bonds. The molecule has 38 heavy (non-hydrogen) atoms. The van der Waals surface area contributed by atoms with Crippen LogP contribution in [0.2, 0.25) is 0 Å². The minimum absolute atomic E-state index is 0.0200. The van der Waals surface area contributed by atoms with Crippen LogP contribution in [-0.4, -0.2) is 47.3 Å². The fourth-order valence-electron chi connectivity index (χ4n) is 6.77. The molecule has 2 aromatic carbocycles. The summed E-state index contributed by atoms with van der Waals surface area (Å²) >= 11 is 3.53. The summed E-state index contributed by atoms with van der Waals surface area (Å²) < 4.78 is 13.4. The van der Waals surface area contributed by atoms with Crippen molar-refractivity contribution >= 4 is 38.4 Å². The second-order valence-electron chi connectivity index (χ2n) is 11.8. The monoisotopic (exact) mass is 582 g/mol. The molecule has 9 heteroatoms. The van der Waals surface area contributed by atoms with Crippen molar-refractivity contribution in [2.45, 2.75) is 59.2 Å². The Labute approximate surface area is 231 Å². The molecule has 1 N–H and O–H groups in total. The molecule has 202 valence electrons. The van der Waals surface area contributed by atoms with Gasteiger partial charge in [0, 0.05) is 22.4 Å². The van der Waals surface area contributed by atoms with E-state index in [0.29, 0.717) is 35.3 Å². The lowest BCUT2D eigenvalue weighted by atomic mass is 9.65. The average Bonchev–Trinajstić information content (AvgIpc) is 3.24. The molecule has 1 aromatic heterocycles. The maximum absolute atomic E-state index is 12.7. The Morgan fingerprint density at radius 2 is 1.87 bits per heavy atom. The van der Waals surface area contributed by atoms with Crippen LogP contribution in [-0.2, 0) is 17.9 Å². The largest absolute Gasteiger partial charge is 0.493 e. The number of hydrogen-bond acceptors (Lipinski definition) is 6. The first-order valence-corrected chi connectivity index (χ1v) is 13.7. The third kappa shape index (κ3) is 5.18. The number of fused-ring (bicyclic) bond motifs is 3. The van der Waals surface area contributed by atoms with Crippen molar-refractivity contribution in [3.63, 3.8) is 0 Å². The molecule has 1 aliphatic heterocycles. The molecule has 5 rings (SSSR count). The Morgan fingerprint density at radius 3 is 2.61 bits per heavy atom. The van der Waals surface area contributed by atoms with Gasteiger partial charge in [-0.25, -0.2) is 0 Å². The molecule has 0 unspecified atom stereocenters. The van der Waals surface area contributed by atoms with Crippen molar-refractivity contribution in [3.05, 3.63) is 46.4 Å². The van der Waals surface area contributed by atoms with Gasteiger partial charge in [-0.05, 0) is 66.0 Å². The molecule has 2 heterocycles. The minimum Gasteiger partial charge on any atom is -0.493 e. The summed E-state index contributed by atoms with van der Waals surface area (Å²) in [4.78, 5) is 15.2. The highest BCUT2D eigenvalue weighted by atomic mass is 79.9. The van der Waals surface area contributed by atoms with Crippen LogP contribution >= 0.6 is 15.9 Å². The maximum Gasteiger partial charge on any atom is 0.269 e. The molecule has 1 saturated heterocycles. The molecule has 8 nitrogen and oxygen atoms in total. The molecule has 0 spiro atoms. The minimum atomic E-state index is -0.420. The number of hydrogen-bond donors (Lipinski definition) is 1. The Morgan fingerprint density at radius 1 is 1.11 bits per heavy atom. The van der Waals surface area contributed by atoms with Crippen molar-refractivity contribution in [1.82, 2.24) is 9.47 Å². The first kappa shape index (κ1) is 26.7.